The number of likely N-dealkylation sites (N-methyl/N-ethyl adjacent to an activating group) is 1. The Bertz CT molecular complexity index is 1380. The summed E-state index contributed by atoms with van der Waals surface area (Å²) >= 11 is 0. The molecule has 3 amide bonds. The zero-order valence-electron chi connectivity index (χ0n) is 20.4. The fourth-order valence-electron chi connectivity index (χ4n) is 3.81. The van der Waals surface area contributed by atoms with E-state index in [0.29, 0.717) is 17.7 Å². The van der Waals surface area contributed by atoms with Gasteiger partial charge < -0.3 is 16.0 Å². The first-order valence-corrected chi connectivity index (χ1v) is 11.4. The number of nitrogens with one attached hydrogen (secondary N) is 1. The highest BCUT2D eigenvalue weighted by Crippen LogP contribution is 2.36. The van der Waals surface area contributed by atoms with Crippen LogP contribution in [0.25, 0.3) is 10.8 Å². The van der Waals surface area contributed by atoms with Crippen LogP contribution in [-0.2, 0) is 28.4 Å². The van der Waals surface area contributed by atoms with E-state index in [-0.39, 0.29) is 12.5 Å². The van der Waals surface area contributed by atoms with Crippen molar-refractivity contribution in [2.24, 2.45) is 5.73 Å². The number of halogens is 6. The molecule has 0 saturated heterocycles. The second-order valence-corrected chi connectivity index (χ2v) is 8.71. The van der Waals surface area contributed by atoms with E-state index >= 15 is 0 Å². The van der Waals surface area contributed by atoms with Crippen molar-refractivity contribution in [1.82, 2.24) is 10.2 Å². The van der Waals surface area contributed by atoms with Crippen molar-refractivity contribution < 1.29 is 40.7 Å². The second-order valence-electron chi connectivity index (χ2n) is 8.71. The Morgan fingerprint density at radius 1 is 0.897 bits per heavy atom. The minimum atomic E-state index is -5.13. The molecule has 0 aliphatic carbocycles. The lowest BCUT2D eigenvalue weighted by Crippen LogP contribution is -2.38. The number of nitrogens with zero attached hydrogens (tertiary/aromatic N) is 1. The number of alkyl halides is 6. The number of amides is 3. The fourth-order valence-corrected chi connectivity index (χ4v) is 3.81. The lowest BCUT2D eigenvalue weighted by Gasteiger charge is -2.27. The average molecular weight is 551 g/mol. The molecule has 1 atom stereocenters. The molecule has 1 unspecified atom stereocenters. The number of fused-ring (bicyclic) bond motifs is 1. The van der Waals surface area contributed by atoms with Crippen LogP contribution in [0.1, 0.15) is 27.0 Å². The van der Waals surface area contributed by atoms with Crippen LogP contribution < -0.4 is 11.1 Å². The van der Waals surface area contributed by atoms with Gasteiger partial charge in [0.25, 0.3) is 5.91 Å². The fraction of sp³-hybridized carbons (Fsp3) is 0.222. The smallest absolute Gasteiger partial charge is 0.368 e. The quantitative estimate of drug-likeness (QED) is 0.314. The summed E-state index contributed by atoms with van der Waals surface area (Å²) in [5.74, 6) is -2.67. The van der Waals surface area contributed by atoms with E-state index in [0.717, 1.165) is 21.7 Å². The van der Waals surface area contributed by atoms with E-state index in [1.54, 1.807) is 6.07 Å². The predicted molar refractivity (Wildman–Crippen MR) is 131 cm³/mol. The maximum atomic E-state index is 13.3. The van der Waals surface area contributed by atoms with Crippen molar-refractivity contribution in [2.45, 2.75) is 24.8 Å². The normalized spacial score (nSPS) is 12.9. The van der Waals surface area contributed by atoms with E-state index < -0.39 is 59.4 Å². The van der Waals surface area contributed by atoms with Crippen LogP contribution >= 0.6 is 0 Å². The van der Waals surface area contributed by atoms with Gasteiger partial charge in [0.15, 0.2) is 0 Å². The largest absolute Gasteiger partial charge is 0.416 e. The van der Waals surface area contributed by atoms with Crippen molar-refractivity contribution >= 4 is 28.5 Å². The van der Waals surface area contributed by atoms with Crippen molar-refractivity contribution in [3.05, 3.63) is 95.1 Å². The van der Waals surface area contributed by atoms with Gasteiger partial charge >= 0.3 is 12.4 Å². The van der Waals surface area contributed by atoms with E-state index in [4.69, 9.17) is 5.73 Å². The highest BCUT2D eigenvalue weighted by atomic mass is 19.4. The number of rotatable bonds is 8. The van der Waals surface area contributed by atoms with Gasteiger partial charge in [-0.25, -0.2) is 0 Å². The molecule has 0 bridgehead atoms. The van der Waals surface area contributed by atoms with Gasteiger partial charge in [0.1, 0.15) is 0 Å². The topological polar surface area (TPSA) is 92.5 Å². The molecule has 3 aromatic carbocycles. The number of hydrogen-bond acceptors (Lipinski definition) is 3. The predicted octanol–water partition coefficient (Wildman–Crippen LogP) is 4.72. The van der Waals surface area contributed by atoms with Crippen molar-refractivity contribution in [1.29, 1.82) is 0 Å². The lowest BCUT2D eigenvalue weighted by molar-refractivity contribution is -0.143. The summed E-state index contributed by atoms with van der Waals surface area (Å²) in [6.45, 7) is -0.461. The molecule has 0 saturated carbocycles. The molecule has 0 aliphatic heterocycles. The average Bonchev–Trinajstić information content (AvgIpc) is 2.87. The maximum absolute atomic E-state index is 13.3. The van der Waals surface area contributed by atoms with Crippen molar-refractivity contribution in [2.75, 3.05) is 13.6 Å². The standard InChI is InChI=1S/C27H23F6N3O3/c1-36(25(39)19-12-20(26(28,29)30)14-21(13-19)27(31,32)33)22(8-9-24(38)35-15-23(34)37)11-16-6-7-17-4-2-3-5-18(17)10-16/h2-10,12-14,22H,11,15H2,1H3,(H2,34,37)(H,35,38). The molecule has 206 valence electrons. The molecule has 3 aromatic rings. The maximum Gasteiger partial charge on any atom is 0.416 e. The van der Waals surface area contributed by atoms with Crippen LogP contribution in [0, 0.1) is 0 Å². The SMILES string of the molecule is CN(C(=O)c1cc(C(F)(F)F)cc(C(F)(F)F)c1)C(C=CC(=O)NCC(N)=O)Cc1ccc2ccccc2c1. The van der Waals surface area contributed by atoms with Gasteiger partial charge in [-0.1, -0.05) is 48.5 Å². The van der Waals surface area contributed by atoms with Gasteiger partial charge in [-0.05, 0) is 41.0 Å². The van der Waals surface area contributed by atoms with Crippen molar-refractivity contribution in [3.63, 3.8) is 0 Å². The first kappa shape index (κ1) is 29.2. The highest BCUT2D eigenvalue weighted by Gasteiger charge is 2.38. The number of carbonyl (C=O) groups excluding carboxylic acids is 3. The third-order valence-electron chi connectivity index (χ3n) is 5.82. The summed E-state index contributed by atoms with van der Waals surface area (Å²) in [5.41, 5.74) is 1.60. The second kappa shape index (κ2) is 11.6. The molecule has 3 rings (SSSR count). The molecular weight excluding hydrogens is 528 g/mol. The van der Waals surface area contributed by atoms with Crippen LogP contribution in [-0.4, -0.2) is 42.3 Å². The van der Waals surface area contributed by atoms with Gasteiger partial charge in [0.2, 0.25) is 11.8 Å². The number of hydrogen-bond donors (Lipinski definition) is 2. The van der Waals surface area contributed by atoms with Gasteiger partial charge in [0, 0.05) is 18.7 Å². The molecule has 0 radical (unpaired) electrons. The minimum absolute atomic E-state index is 0.0632. The molecule has 0 fully saturated rings. The molecular formula is C27H23F6N3O3. The molecule has 6 nitrogen and oxygen atoms in total. The first-order chi connectivity index (χ1) is 18.1. The van der Waals surface area contributed by atoms with Crippen LogP contribution in [0.4, 0.5) is 26.3 Å². The monoisotopic (exact) mass is 551 g/mol. The Hall–Kier alpha value is -4.35. The Kier molecular flexibility index (Phi) is 8.68. The number of primary amides is 1. The molecule has 0 spiro atoms. The summed E-state index contributed by atoms with van der Waals surface area (Å²) in [4.78, 5) is 37.2. The van der Waals surface area contributed by atoms with E-state index in [2.05, 4.69) is 5.32 Å². The molecule has 0 heterocycles. The summed E-state index contributed by atoms with van der Waals surface area (Å²) < 4.78 is 80.0. The van der Waals surface area contributed by atoms with Gasteiger partial charge in [0.05, 0.1) is 23.7 Å². The molecule has 0 aliphatic rings. The number of benzene rings is 3. The zero-order valence-corrected chi connectivity index (χ0v) is 20.4. The summed E-state index contributed by atoms with van der Waals surface area (Å²) in [7, 11) is 1.20. The zero-order chi connectivity index (χ0) is 29.0. The first-order valence-electron chi connectivity index (χ1n) is 11.4. The number of nitrogens with two attached hydrogens (primary N) is 1. The molecule has 39 heavy (non-hydrogen) atoms. The van der Waals surface area contributed by atoms with Crippen LogP contribution in [0.15, 0.2) is 72.8 Å². The Morgan fingerprint density at radius 3 is 2.05 bits per heavy atom. The third kappa shape index (κ3) is 7.82. The van der Waals surface area contributed by atoms with E-state index in [1.165, 1.54) is 13.1 Å². The van der Waals surface area contributed by atoms with Gasteiger partial charge in [-0.15, -0.1) is 0 Å². The van der Waals surface area contributed by atoms with Gasteiger partial charge in [-0.2, -0.15) is 26.3 Å². The minimum Gasteiger partial charge on any atom is -0.368 e. The van der Waals surface area contributed by atoms with E-state index in [1.807, 2.05) is 36.4 Å². The summed E-state index contributed by atoms with van der Waals surface area (Å²) in [5, 5.41) is 4.00. The molecule has 12 heteroatoms. The number of carbonyl (C=O) groups is 3. The Labute approximate surface area is 219 Å². The van der Waals surface area contributed by atoms with E-state index in [9.17, 15) is 40.7 Å². The highest BCUT2D eigenvalue weighted by molar-refractivity contribution is 5.95. The van der Waals surface area contributed by atoms with Crippen LogP contribution in [0.2, 0.25) is 0 Å². The van der Waals surface area contributed by atoms with Crippen LogP contribution in [0.3, 0.4) is 0 Å². The Balaban J connectivity index is 1.99. The Morgan fingerprint density at radius 2 is 1.49 bits per heavy atom. The molecule has 3 N–H and O–H groups in total. The van der Waals surface area contributed by atoms with Crippen LogP contribution in [0.5, 0.6) is 0 Å². The van der Waals surface area contributed by atoms with Crippen molar-refractivity contribution in [3.8, 4) is 0 Å². The van der Waals surface area contributed by atoms with Gasteiger partial charge in [-0.3, -0.25) is 14.4 Å². The molecule has 0 aromatic heterocycles. The summed E-state index contributed by atoms with van der Waals surface area (Å²) in [6.07, 6.45) is -7.92. The third-order valence-corrected chi connectivity index (χ3v) is 5.82. The summed E-state index contributed by atoms with van der Waals surface area (Å²) in [6, 6.07) is 12.4. The lowest BCUT2D eigenvalue weighted by atomic mass is 9.99.